The van der Waals surface area contributed by atoms with E-state index in [-0.39, 0.29) is 11.6 Å². The molecule has 0 atom stereocenters. The summed E-state index contributed by atoms with van der Waals surface area (Å²) in [7, 11) is 0. The van der Waals surface area contributed by atoms with Crippen LogP contribution in [-0.2, 0) is 4.74 Å². The highest BCUT2D eigenvalue weighted by Gasteiger charge is 2.12. The number of hydrogen-bond donors (Lipinski definition) is 2. The van der Waals surface area contributed by atoms with Crippen molar-refractivity contribution in [2.45, 2.75) is 0 Å². The van der Waals surface area contributed by atoms with Crippen molar-refractivity contribution in [2.24, 2.45) is 0 Å². The lowest BCUT2D eigenvalue weighted by Crippen LogP contribution is -2.39. The minimum absolute atomic E-state index is 0.0119. The Morgan fingerprint density at radius 2 is 2.06 bits per heavy atom. The van der Waals surface area contributed by atoms with Crippen molar-refractivity contribution in [3.05, 3.63) is 17.7 Å². The van der Waals surface area contributed by atoms with Crippen LogP contribution in [-0.4, -0.2) is 49.3 Å². The van der Waals surface area contributed by atoms with Crippen LogP contribution in [0.1, 0.15) is 0 Å². The van der Waals surface area contributed by atoms with Crippen molar-refractivity contribution in [2.75, 3.05) is 50.4 Å². The second-order valence-electron chi connectivity index (χ2n) is 4.07. The van der Waals surface area contributed by atoms with Crippen LogP contribution < -0.4 is 11.1 Å². The summed E-state index contributed by atoms with van der Waals surface area (Å²) in [4.78, 5) is 5.82. The van der Waals surface area contributed by atoms with Crippen molar-refractivity contribution in [3.8, 4) is 0 Å². The number of rotatable bonds is 4. The number of nitrogens with one attached hydrogen (secondary N) is 1. The van der Waals surface area contributed by atoms with Crippen LogP contribution in [0.5, 0.6) is 0 Å². The van der Waals surface area contributed by atoms with E-state index in [4.69, 9.17) is 10.5 Å². The molecule has 0 amide bonds. The van der Waals surface area contributed by atoms with Gasteiger partial charge in [0.05, 0.1) is 13.2 Å². The number of nitrogen functional groups attached to an aromatic ring is 1. The summed E-state index contributed by atoms with van der Waals surface area (Å²) in [5.41, 5.74) is 5.28. The molecule has 100 valence electrons. The molecule has 0 spiro atoms. The third-order valence-corrected chi connectivity index (χ3v) is 2.78. The van der Waals surface area contributed by atoms with Crippen LogP contribution in [0.15, 0.2) is 6.07 Å². The van der Waals surface area contributed by atoms with E-state index in [1.807, 2.05) is 0 Å². The van der Waals surface area contributed by atoms with Gasteiger partial charge in [-0.3, -0.25) is 4.90 Å². The van der Waals surface area contributed by atoms with Gasteiger partial charge in [-0.25, -0.2) is 13.8 Å². The lowest BCUT2D eigenvalue weighted by Gasteiger charge is -2.26. The molecule has 2 rings (SSSR count). The fourth-order valence-electron chi connectivity index (χ4n) is 1.76. The zero-order valence-corrected chi connectivity index (χ0v) is 9.96. The molecule has 1 fully saturated rings. The number of morpholine rings is 1. The van der Waals surface area contributed by atoms with Gasteiger partial charge in [-0.2, -0.15) is 0 Å². The lowest BCUT2D eigenvalue weighted by molar-refractivity contribution is 0.0398. The summed E-state index contributed by atoms with van der Waals surface area (Å²) >= 11 is 0. The summed E-state index contributed by atoms with van der Waals surface area (Å²) in [5, 5.41) is 2.81. The van der Waals surface area contributed by atoms with E-state index in [1.54, 1.807) is 0 Å². The van der Waals surface area contributed by atoms with Crippen molar-refractivity contribution in [3.63, 3.8) is 0 Å². The maximum Gasteiger partial charge on any atom is 0.168 e. The van der Waals surface area contributed by atoms with Gasteiger partial charge in [-0.15, -0.1) is 0 Å². The Labute approximate surface area is 104 Å². The van der Waals surface area contributed by atoms with Crippen molar-refractivity contribution < 1.29 is 13.5 Å². The topological polar surface area (TPSA) is 63.4 Å². The minimum Gasteiger partial charge on any atom is -0.381 e. The molecule has 1 aliphatic rings. The number of halogens is 2. The number of hydrogen-bond acceptors (Lipinski definition) is 5. The molecule has 0 bridgehead atoms. The van der Waals surface area contributed by atoms with E-state index in [0.717, 1.165) is 38.9 Å². The second-order valence-corrected chi connectivity index (χ2v) is 4.07. The van der Waals surface area contributed by atoms with Gasteiger partial charge in [0.1, 0.15) is 0 Å². The quantitative estimate of drug-likeness (QED) is 0.831. The molecule has 0 aliphatic carbocycles. The molecule has 0 unspecified atom stereocenters. The Hall–Kier alpha value is -1.47. The lowest BCUT2D eigenvalue weighted by atomic mass is 10.4. The zero-order valence-electron chi connectivity index (χ0n) is 9.96. The normalized spacial score (nSPS) is 16.8. The van der Waals surface area contributed by atoms with Crippen LogP contribution in [0, 0.1) is 11.6 Å². The number of ether oxygens (including phenoxy) is 1. The maximum absolute atomic E-state index is 13.3. The monoisotopic (exact) mass is 258 g/mol. The van der Waals surface area contributed by atoms with Crippen molar-refractivity contribution >= 4 is 11.6 Å². The van der Waals surface area contributed by atoms with Gasteiger partial charge in [0, 0.05) is 32.2 Å². The summed E-state index contributed by atoms with van der Waals surface area (Å²) in [6.07, 6.45) is 0. The van der Waals surface area contributed by atoms with E-state index in [9.17, 15) is 8.78 Å². The van der Waals surface area contributed by atoms with Gasteiger partial charge >= 0.3 is 0 Å². The number of aromatic nitrogens is 1. The largest absolute Gasteiger partial charge is 0.381 e. The summed E-state index contributed by atoms with van der Waals surface area (Å²) in [6, 6.07) is 0.736. The SMILES string of the molecule is Nc1nc(NCCN2CCOCC2)c(F)cc1F. The van der Waals surface area contributed by atoms with E-state index in [1.165, 1.54) is 0 Å². The second kappa shape index (κ2) is 5.92. The molecule has 3 N–H and O–H groups in total. The van der Waals surface area contributed by atoms with Gasteiger partial charge in [0.15, 0.2) is 23.3 Å². The molecule has 1 aromatic heterocycles. The van der Waals surface area contributed by atoms with Gasteiger partial charge in [0.25, 0.3) is 0 Å². The molecule has 0 saturated carbocycles. The zero-order chi connectivity index (χ0) is 13.0. The highest BCUT2D eigenvalue weighted by atomic mass is 19.1. The fraction of sp³-hybridized carbons (Fsp3) is 0.545. The Morgan fingerprint density at radius 3 is 2.78 bits per heavy atom. The van der Waals surface area contributed by atoms with E-state index < -0.39 is 11.6 Å². The molecule has 5 nitrogen and oxygen atoms in total. The van der Waals surface area contributed by atoms with Gasteiger partial charge in [0.2, 0.25) is 0 Å². The molecule has 18 heavy (non-hydrogen) atoms. The Bertz CT molecular complexity index is 410. The molecule has 0 radical (unpaired) electrons. The van der Waals surface area contributed by atoms with Crippen LogP contribution in [0.3, 0.4) is 0 Å². The molecular weight excluding hydrogens is 242 g/mol. The van der Waals surface area contributed by atoms with Gasteiger partial charge < -0.3 is 15.8 Å². The standard InChI is InChI=1S/C11H16F2N4O/c12-8-7-9(13)11(16-10(8)14)15-1-2-17-3-5-18-6-4-17/h7H,1-6H2,(H3,14,15,16). The third-order valence-electron chi connectivity index (χ3n) is 2.78. The summed E-state index contributed by atoms with van der Waals surface area (Å²) in [6.45, 7) is 4.44. The molecule has 1 saturated heterocycles. The number of anilines is 2. The average Bonchev–Trinajstić information content (AvgIpc) is 2.37. The van der Waals surface area contributed by atoms with Gasteiger partial charge in [-0.05, 0) is 0 Å². The first-order valence-corrected chi connectivity index (χ1v) is 5.82. The third kappa shape index (κ3) is 3.27. The first kappa shape index (κ1) is 13.0. The summed E-state index contributed by atoms with van der Waals surface area (Å²) < 4.78 is 31.5. The van der Waals surface area contributed by atoms with Crippen LogP contribution in [0.4, 0.5) is 20.4 Å². The Morgan fingerprint density at radius 1 is 1.33 bits per heavy atom. The Balaban J connectivity index is 1.84. The highest BCUT2D eigenvalue weighted by molar-refractivity contribution is 5.44. The number of nitrogens with zero attached hydrogens (tertiary/aromatic N) is 2. The number of nitrogens with two attached hydrogens (primary N) is 1. The smallest absolute Gasteiger partial charge is 0.168 e. The van der Waals surface area contributed by atoms with Gasteiger partial charge in [-0.1, -0.05) is 0 Å². The predicted molar refractivity (Wildman–Crippen MR) is 64.3 cm³/mol. The van der Waals surface area contributed by atoms with Crippen molar-refractivity contribution in [1.29, 1.82) is 0 Å². The van der Waals surface area contributed by atoms with Crippen LogP contribution in [0.2, 0.25) is 0 Å². The minimum atomic E-state index is -0.841. The Kier molecular flexibility index (Phi) is 4.27. The molecule has 1 aliphatic heterocycles. The molecule has 2 heterocycles. The maximum atomic E-state index is 13.3. The first-order chi connectivity index (χ1) is 8.66. The molecule has 7 heteroatoms. The highest BCUT2D eigenvalue weighted by Crippen LogP contribution is 2.16. The van der Waals surface area contributed by atoms with E-state index in [0.29, 0.717) is 6.54 Å². The van der Waals surface area contributed by atoms with Crippen LogP contribution >= 0.6 is 0 Å². The number of pyridine rings is 1. The molecule has 1 aromatic rings. The molecule has 0 aromatic carbocycles. The van der Waals surface area contributed by atoms with E-state index in [2.05, 4.69) is 15.2 Å². The van der Waals surface area contributed by atoms with Crippen molar-refractivity contribution in [1.82, 2.24) is 9.88 Å². The average molecular weight is 258 g/mol. The predicted octanol–water partition coefficient (Wildman–Crippen LogP) is 0.686. The first-order valence-electron chi connectivity index (χ1n) is 5.82. The molecular formula is C11H16F2N4O. The van der Waals surface area contributed by atoms with E-state index >= 15 is 0 Å². The van der Waals surface area contributed by atoms with Crippen LogP contribution in [0.25, 0.3) is 0 Å². The fourth-order valence-corrected chi connectivity index (χ4v) is 1.76. The summed E-state index contributed by atoms with van der Waals surface area (Å²) in [5.74, 6) is -1.89.